The lowest BCUT2D eigenvalue weighted by Crippen LogP contribution is -2.07. The smallest absolute Gasteiger partial charge is 0.278 e. The Kier molecular flexibility index (Phi) is 4.64. The zero-order valence-corrected chi connectivity index (χ0v) is 11.2. The fourth-order valence-corrected chi connectivity index (χ4v) is 1.79. The van der Waals surface area contributed by atoms with E-state index in [9.17, 15) is 0 Å². The van der Waals surface area contributed by atoms with Crippen LogP contribution in [0.25, 0.3) is 11.6 Å². The van der Waals surface area contributed by atoms with Crippen LogP contribution in [0.4, 0.5) is 0 Å². The minimum atomic E-state index is -0.131. The van der Waals surface area contributed by atoms with Crippen molar-refractivity contribution in [3.8, 4) is 11.6 Å². The predicted octanol–water partition coefficient (Wildman–Crippen LogP) is 1.38. The number of hydrogen-bond acceptors (Lipinski definition) is 6. The van der Waals surface area contributed by atoms with Gasteiger partial charge in [0.15, 0.2) is 0 Å². The molecule has 0 fully saturated rings. The molecule has 2 aromatic heterocycles. The third kappa shape index (κ3) is 3.18. The van der Waals surface area contributed by atoms with Crippen LogP contribution in [-0.2, 0) is 11.3 Å². The zero-order chi connectivity index (χ0) is 13.7. The van der Waals surface area contributed by atoms with Gasteiger partial charge in [0.1, 0.15) is 11.8 Å². The van der Waals surface area contributed by atoms with E-state index < -0.39 is 0 Å². The fraction of sp³-hybridized carbons (Fsp3) is 0.583. The molecule has 2 aromatic rings. The highest BCUT2D eigenvalue weighted by Crippen LogP contribution is 2.21. The fourth-order valence-electron chi connectivity index (χ4n) is 1.79. The van der Waals surface area contributed by atoms with Gasteiger partial charge in [-0.3, -0.25) is 0 Å². The summed E-state index contributed by atoms with van der Waals surface area (Å²) >= 11 is 0. The van der Waals surface area contributed by atoms with Crippen LogP contribution >= 0.6 is 0 Å². The van der Waals surface area contributed by atoms with Crippen LogP contribution in [0, 0.1) is 0 Å². The molecule has 0 aliphatic carbocycles. The minimum Gasteiger partial charge on any atom is -0.370 e. The number of rotatable bonds is 7. The first-order valence-corrected chi connectivity index (χ1v) is 6.45. The first-order chi connectivity index (χ1) is 9.28. The van der Waals surface area contributed by atoms with Gasteiger partial charge in [-0.25, -0.2) is 4.98 Å². The van der Waals surface area contributed by atoms with Crippen molar-refractivity contribution in [2.45, 2.75) is 32.9 Å². The van der Waals surface area contributed by atoms with Crippen LogP contribution in [0.2, 0.25) is 0 Å². The number of nitrogens with zero attached hydrogens (tertiary/aromatic N) is 4. The Morgan fingerprint density at radius 1 is 1.47 bits per heavy atom. The van der Waals surface area contributed by atoms with Gasteiger partial charge in [0.05, 0.1) is 6.33 Å². The minimum absolute atomic E-state index is 0.131. The summed E-state index contributed by atoms with van der Waals surface area (Å²) in [5, 5.41) is 3.95. The van der Waals surface area contributed by atoms with E-state index in [4.69, 9.17) is 15.0 Å². The Balaban J connectivity index is 2.14. The molecular formula is C12H19N5O2. The van der Waals surface area contributed by atoms with Gasteiger partial charge < -0.3 is 19.6 Å². The summed E-state index contributed by atoms with van der Waals surface area (Å²) < 4.78 is 12.7. The second-order valence-electron chi connectivity index (χ2n) is 4.10. The molecule has 0 aliphatic rings. The van der Waals surface area contributed by atoms with E-state index in [1.807, 2.05) is 24.6 Å². The van der Waals surface area contributed by atoms with E-state index in [-0.39, 0.29) is 6.10 Å². The highest BCUT2D eigenvalue weighted by molar-refractivity contribution is 5.44. The van der Waals surface area contributed by atoms with Crippen molar-refractivity contribution in [2.24, 2.45) is 5.73 Å². The van der Waals surface area contributed by atoms with Gasteiger partial charge in [-0.15, -0.1) is 0 Å². The first kappa shape index (κ1) is 13.7. The molecular weight excluding hydrogens is 246 g/mol. The van der Waals surface area contributed by atoms with E-state index in [0.717, 1.165) is 6.42 Å². The molecule has 0 aromatic carbocycles. The lowest BCUT2D eigenvalue weighted by atomic mass is 10.2. The molecule has 0 spiro atoms. The van der Waals surface area contributed by atoms with Crippen LogP contribution < -0.4 is 5.73 Å². The van der Waals surface area contributed by atoms with Crippen molar-refractivity contribution in [1.29, 1.82) is 0 Å². The van der Waals surface area contributed by atoms with Crippen LogP contribution in [0.15, 0.2) is 17.0 Å². The van der Waals surface area contributed by atoms with E-state index in [1.54, 1.807) is 6.33 Å². The average molecular weight is 265 g/mol. The Hall–Kier alpha value is -1.73. The molecule has 7 heteroatoms. The van der Waals surface area contributed by atoms with Gasteiger partial charge >= 0.3 is 0 Å². The molecule has 1 atom stereocenters. The van der Waals surface area contributed by atoms with Crippen molar-refractivity contribution in [2.75, 3.05) is 13.2 Å². The maximum atomic E-state index is 5.54. The summed E-state index contributed by atoms with van der Waals surface area (Å²) in [4.78, 5) is 8.55. The van der Waals surface area contributed by atoms with E-state index in [1.165, 1.54) is 0 Å². The second-order valence-corrected chi connectivity index (χ2v) is 4.10. The Labute approximate surface area is 111 Å². The summed E-state index contributed by atoms with van der Waals surface area (Å²) in [6, 6.07) is 0. The Morgan fingerprint density at radius 3 is 3.00 bits per heavy atom. The van der Waals surface area contributed by atoms with E-state index in [2.05, 4.69) is 15.1 Å². The van der Waals surface area contributed by atoms with Gasteiger partial charge in [-0.2, -0.15) is 4.98 Å². The third-order valence-corrected chi connectivity index (χ3v) is 2.71. The van der Waals surface area contributed by atoms with E-state index >= 15 is 0 Å². The number of ether oxygens (including phenoxy) is 1. The summed E-state index contributed by atoms with van der Waals surface area (Å²) in [5.41, 5.74) is 6.14. The second kappa shape index (κ2) is 6.44. The van der Waals surface area contributed by atoms with Crippen molar-refractivity contribution in [1.82, 2.24) is 19.7 Å². The Morgan fingerprint density at radius 2 is 2.32 bits per heavy atom. The van der Waals surface area contributed by atoms with Crippen LogP contribution in [-0.4, -0.2) is 32.8 Å². The van der Waals surface area contributed by atoms with Gasteiger partial charge in [-0.1, -0.05) is 12.1 Å². The molecule has 2 N–H and O–H groups in total. The quantitative estimate of drug-likeness (QED) is 0.813. The molecule has 0 amide bonds. The third-order valence-electron chi connectivity index (χ3n) is 2.71. The predicted molar refractivity (Wildman–Crippen MR) is 69.2 cm³/mol. The number of hydrogen-bond donors (Lipinski definition) is 1. The normalized spacial score (nSPS) is 12.8. The number of nitrogens with two attached hydrogens (primary N) is 1. The molecule has 0 saturated heterocycles. The van der Waals surface area contributed by atoms with Crippen molar-refractivity contribution in [3.63, 3.8) is 0 Å². The summed E-state index contributed by atoms with van der Waals surface area (Å²) in [7, 11) is 0. The van der Waals surface area contributed by atoms with Crippen LogP contribution in [0.3, 0.4) is 0 Å². The van der Waals surface area contributed by atoms with Crippen molar-refractivity contribution >= 4 is 0 Å². The molecule has 0 saturated carbocycles. The van der Waals surface area contributed by atoms with E-state index in [0.29, 0.717) is 37.1 Å². The maximum Gasteiger partial charge on any atom is 0.278 e. The zero-order valence-electron chi connectivity index (χ0n) is 11.2. The standard InChI is InChI=1S/C12H19N5O2/c1-3-10(18-4-2)11-15-12(19-16-11)9-7-17(6-5-13)8-14-9/h7-8,10H,3-6,13H2,1-2H3. The molecule has 104 valence electrons. The number of aromatic nitrogens is 4. The van der Waals surface area contributed by atoms with Crippen LogP contribution in [0.5, 0.6) is 0 Å². The SMILES string of the molecule is CCOC(CC)c1noc(-c2cn(CCN)cn2)n1. The van der Waals surface area contributed by atoms with Crippen molar-refractivity contribution < 1.29 is 9.26 Å². The van der Waals surface area contributed by atoms with Gasteiger partial charge in [0, 0.05) is 25.9 Å². The summed E-state index contributed by atoms with van der Waals surface area (Å²) in [5.74, 6) is 0.969. The molecule has 2 rings (SSSR count). The Bertz CT molecular complexity index is 508. The van der Waals surface area contributed by atoms with Gasteiger partial charge in [0.25, 0.3) is 5.89 Å². The largest absolute Gasteiger partial charge is 0.370 e. The molecule has 19 heavy (non-hydrogen) atoms. The molecule has 0 bridgehead atoms. The van der Waals surface area contributed by atoms with Crippen LogP contribution in [0.1, 0.15) is 32.2 Å². The van der Waals surface area contributed by atoms with Gasteiger partial charge in [-0.05, 0) is 13.3 Å². The summed E-state index contributed by atoms with van der Waals surface area (Å²) in [6.07, 6.45) is 4.21. The topological polar surface area (TPSA) is 92.0 Å². The monoisotopic (exact) mass is 265 g/mol. The molecule has 2 heterocycles. The molecule has 0 aliphatic heterocycles. The average Bonchev–Trinajstić information content (AvgIpc) is 3.04. The highest BCUT2D eigenvalue weighted by Gasteiger charge is 2.18. The highest BCUT2D eigenvalue weighted by atomic mass is 16.5. The molecule has 1 unspecified atom stereocenters. The molecule has 0 radical (unpaired) electrons. The van der Waals surface area contributed by atoms with Gasteiger partial charge in [0.2, 0.25) is 5.82 Å². The summed E-state index contributed by atoms with van der Waals surface area (Å²) in [6.45, 7) is 5.86. The lowest BCUT2D eigenvalue weighted by molar-refractivity contribution is 0.0518. The van der Waals surface area contributed by atoms with Crippen molar-refractivity contribution in [3.05, 3.63) is 18.3 Å². The maximum absolute atomic E-state index is 5.54. The number of imidazole rings is 1. The molecule has 7 nitrogen and oxygen atoms in total. The first-order valence-electron chi connectivity index (χ1n) is 6.45. The lowest BCUT2D eigenvalue weighted by Gasteiger charge is -2.09.